The maximum absolute atomic E-state index is 12.2. The lowest BCUT2D eigenvalue weighted by Gasteiger charge is -2.27. The van der Waals surface area contributed by atoms with Gasteiger partial charge in [0.1, 0.15) is 0 Å². The summed E-state index contributed by atoms with van der Waals surface area (Å²) in [5.41, 5.74) is 0. The zero-order valence-corrected chi connectivity index (χ0v) is 14.0. The minimum Gasteiger partial charge on any atom is -0.314 e. The van der Waals surface area contributed by atoms with Crippen molar-refractivity contribution >= 4 is 37.3 Å². The topological polar surface area (TPSA) is 61.4 Å². The Morgan fingerprint density at radius 2 is 2.16 bits per heavy atom. The number of piperazine rings is 1. The standard InChI is InChI=1S/C11H18BrN3O2S2/c1-9-10(8-11(12)18-9)19(16,17)14-4-7-15-5-2-13-3-6-15/h8,13-14H,2-7H2,1H3. The van der Waals surface area contributed by atoms with Crippen molar-refractivity contribution in [1.29, 1.82) is 0 Å². The van der Waals surface area contributed by atoms with Crippen molar-refractivity contribution < 1.29 is 8.42 Å². The predicted octanol–water partition coefficient (Wildman–Crippen LogP) is 1.00. The summed E-state index contributed by atoms with van der Waals surface area (Å²) in [5.74, 6) is 0. The van der Waals surface area contributed by atoms with Crippen LogP contribution in [0.15, 0.2) is 14.7 Å². The lowest BCUT2D eigenvalue weighted by atomic mass is 10.3. The molecular formula is C11H18BrN3O2S2. The molecule has 0 bridgehead atoms. The lowest BCUT2D eigenvalue weighted by Crippen LogP contribution is -2.46. The molecule has 8 heteroatoms. The molecule has 0 radical (unpaired) electrons. The van der Waals surface area contributed by atoms with Crippen molar-refractivity contribution in [3.8, 4) is 0 Å². The predicted molar refractivity (Wildman–Crippen MR) is 81.3 cm³/mol. The summed E-state index contributed by atoms with van der Waals surface area (Å²) in [7, 11) is -3.38. The van der Waals surface area contributed by atoms with Gasteiger partial charge in [0.05, 0.1) is 8.68 Å². The molecule has 0 spiro atoms. The van der Waals surface area contributed by atoms with Gasteiger partial charge in [0, 0.05) is 44.1 Å². The molecular weight excluding hydrogens is 350 g/mol. The third-order valence-electron chi connectivity index (χ3n) is 3.06. The summed E-state index contributed by atoms with van der Waals surface area (Å²) < 4.78 is 27.8. The SMILES string of the molecule is Cc1sc(Br)cc1S(=O)(=O)NCCN1CCNCC1. The zero-order valence-electron chi connectivity index (χ0n) is 10.8. The van der Waals surface area contributed by atoms with Crippen LogP contribution in [0.2, 0.25) is 0 Å². The molecule has 1 aliphatic heterocycles. The molecule has 0 unspecified atom stereocenters. The Balaban J connectivity index is 1.89. The number of sulfonamides is 1. The molecule has 19 heavy (non-hydrogen) atoms. The number of nitrogens with one attached hydrogen (secondary N) is 2. The van der Waals surface area contributed by atoms with Crippen LogP contribution < -0.4 is 10.0 Å². The Bertz CT molecular complexity index is 524. The van der Waals surface area contributed by atoms with Crippen LogP contribution in [0.25, 0.3) is 0 Å². The maximum Gasteiger partial charge on any atom is 0.241 e. The molecule has 0 aromatic carbocycles. The van der Waals surface area contributed by atoms with Gasteiger partial charge in [0.2, 0.25) is 10.0 Å². The smallest absolute Gasteiger partial charge is 0.241 e. The zero-order chi connectivity index (χ0) is 13.9. The normalized spacial score (nSPS) is 17.8. The first-order valence-corrected chi connectivity index (χ1v) is 9.27. The molecule has 1 aromatic rings. The fraction of sp³-hybridized carbons (Fsp3) is 0.636. The molecule has 0 aliphatic carbocycles. The van der Waals surface area contributed by atoms with E-state index in [0.717, 1.165) is 41.4 Å². The summed E-state index contributed by atoms with van der Waals surface area (Å²) in [4.78, 5) is 3.45. The van der Waals surface area contributed by atoms with Crippen LogP contribution in [0.4, 0.5) is 0 Å². The highest BCUT2D eigenvalue weighted by molar-refractivity contribution is 9.11. The molecule has 2 heterocycles. The van der Waals surface area contributed by atoms with E-state index in [0.29, 0.717) is 11.4 Å². The summed E-state index contributed by atoms with van der Waals surface area (Å²) in [5, 5.41) is 3.27. The van der Waals surface area contributed by atoms with Gasteiger partial charge in [-0.25, -0.2) is 13.1 Å². The molecule has 5 nitrogen and oxygen atoms in total. The quantitative estimate of drug-likeness (QED) is 0.814. The minimum atomic E-state index is -3.38. The van der Waals surface area contributed by atoms with Crippen LogP contribution >= 0.6 is 27.3 Å². The van der Waals surface area contributed by atoms with Gasteiger partial charge in [-0.1, -0.05) is 0 Å². The Labute approximate surface area is 126 Å². The second kappa shape index (κ2) is 6.64. The fourth-order valence-corrected chi connectivity index (χ4v) is 5.48. The number of nitrogens with zero attached hydrogens (tertiary/aromatic N) is 1. The molecule has 1 saturated heterocycles. The Hall–Kier alpha value is 0.01000. The first-order chi connectivity index (χ1) is 8.99. The van der Waals surface area contributed by atoms with Crippen LogP contribution in [0.3, 0.4) is 0 Å². The molecule has 0 amide bonds. The second-order valence-electron chi connectivity index (χ2n) is 4.46. The van der Waals surface area contributed by atoms with Gasteiger partial charge < -0.3 is 5.32 Å². The molecule has 108 valence electrons. The van der Waals surface area contributed by atoms with Gasteiger partial charge in [-0.2, -0.15) is 0 Å². The number of aryl methyl sites for hydroxylation is 1. The van der Waals surface area contributed by atoms with E-state index in [4.69, 9.17) is 0 Å². The van der Waals surface area contributed by atoms with Crippen LogP contribution in [0, 0.1) is 6.92 Å². The van der Waals surface area contributed by atoms with Crippen LogP contribution in [0.1, 0.15) is 4.88 Å². The summed E-state index contributed by atoms with van der Waals surface area (Å²) >= 11 is 4.75. The van der Waals surface area contributed by atoms with E-state index in [1.807, 2.05) is 6.92 Å². The number of rotatable bonds is 5. The van der Waals surface area contributed by atoms with Crippen LogP contribution in [-0.4, -0.2) is 52.6 Å². The first kappa shape index (κ1) is 15.4. The van der Waals surface area contributed by atoms with Crippen molar-refractivity contribution in [1.82, 2.24) is 14.9 Å². The highest BCUT2D eigenvalue weighted by Gasteiger charge is 2.19. The number of hydrogen-bond donors (Lipinski definition) is 2. The third kappa shape index (κ3) is 4.24. The molecule has 0 saturated carbocycles. The van der Waals surface area contributed by atoms with Gasteiger partial charge in [0.15, 0.2) is 0 Å². The van der Waals surface area contributed by atoms with Gasteiger partial charge in [0.25, 0.3) is 0 Å². The first-order valence-electron chi connectivity index (χ1n) is 6.18. The van der Waals surface area contributed by atoms with Crippen molar-refractivity contribution in [2.75, 3.05) is 39.3 Å². The average Bonchev–Trinajstić information content (AvgIpc) is 2.70. The lowest BCUT2D eigenvalue weighted by molar-refractivity contribution is 0.245. The molecule has 1 fully saturated rings. The number of halogens is 1. The highest BCUT2D eigenvalue weighted by Crippen LogP contribution is 2.29. The minimum absolute atomic E-state index is 0.379. The monoisotopic (exact) mass is 367 g/mol. The molecule has 0 atom stereocenters. The van der Waals surface area contributed by atoms with E-state index in [1.165, 1.54) is 11.3 Å². The van der Waals surface area contributed by atoms with E-state index < -0.39 is 10.0 Å². The van der Waals surface area contributed by atoms with E-state index in [1.54, 1.807) is 6.07 Å². The van der Waals surface area contributed by atoms with Gasteiger partial charge >= 0.3 is 0 Å². The van der Waals surface area contributed by atoms with Crippen molar-refractivity contribution in [3.05, 3.63) is 14.7 Å². The Morgan fingerprint density at radius 3 is 2.74 bits per heavy atom. The van der Waals surface area contributed by atoms with Crippen molar-refractivity contribution in [2.45, 2.75) is 11.8 Å². The molecule has 1 aliphatic rings. The largest absolute Gasteiger partial charge is 0.314 e. The Kier molecular flexibility index (Phi) is 5.38. The third-order valence-corrected chi connectivity index (χ3v) is 6.33. The molecule has 2 rings (SSSR count). The highest BCUT2D eigenvalue weighted by atomic mass is 79.9. The van der Waals surface area contributed by atoms with Gasteiger partial charge in [-0.05, 0) is 28.9 Å². The van der Waals surface area contributed by atoms with Crippen LogP contribution in [0.5, 0.6) is 0 Å². The number of hydrogen-bond acceptors (Lipinski definition) is 5. The van der Waals surface area contributed by atoms with Gasteiger partial charge in [-0.15, -0.1) is 11.3 Å². The van der Waals surface area contributed by atoms with Crippen molar-refractivity contribution in [3.63, 3.8) is 0 Å². The maximum atomic E-state index is 12.2. The van der Waals surface area contributed by atoms with E-state index in [-0.39, 0.29) is 0 Å². The van der Waals surface area contributed by atoms with Gasteiger partial charge in [-0.3, -0.25) is 4.90 Å². The van der Waals surface area contributed by atoms with E-state index >= 15 is 0 Å². The molecule has 1 aromatic heterocycles. The summed E-state index contributed by atoms with van der Waals surface area (Å²) in [6, 6.07) is 1.66. The Morgan fingerprint density at radius 1 is 1.47 bits per heavy atom. The molecule has 2 N–H and O–H groups in total. The average molecular weight is 368 g/mol. The summed E-state index contributed by atoms with van der Waals surface area (Å²) in [6.07, 6.45) is 0. The number of thiophene rings is 1. The van der Waals surface area contributed by atoms with Crippen LogP contribution in [-0.2, 0) is 10.0 Å². The van der Waals surface area contributed by atoms with E-state index in [9.17, 15) is 8.42 Å². The second-order valence-corrected chi connectivity index (χ2v) is 8.83. The summed E-state index contributed by atoms with van der Waals surface area (Å²) in [6.45, 7) is 6.93. The van der Waals surface area contributed by atoms with E-state index in [2.05, 4.69) is 30.9 Å². The fourth-order valence-electron chi connectivity index (χ4n) is 2.05. The van der Waals surface area contributed by atoms with Crippen molar-refractivity contribution in [2.24, 2.45) is 0 Å².